The zero-order valence-electron chi connectivity index (χ0n) is 14.8. The second-order valence-corrected chi connectivity index (χ2v) is 7.00. The Bertz CT molecular complexity index is 903. The van der Waals surface area contributed by atoms with Gasteiger partial charge < -0.3 is 10.2 Å². The molecule has 1 aromatic heterocycles. The minimum absolute atomic E-state index is 0.00333. The molecule has 6 heteroatoms. The highest BCUT2D eigenvalue weighted by molar-refractivity contribution is 7.13. The molecule has 0 aliphatic heterocycles. The predicted octanol–water partition coefficient (Wildman–Crippen LogP) is 4.18. The summed E-state index contributed by atoms with van der Waals surface area (Å²) in [5.74, 6) is -0.376. The molecule has 2 aromatic carbocycles. The van der Waals surface area contributed by atoms with Crippen LogP contribution in [0.2, 0.25) is 0 Å². The van der Waals surface area contributed by atoms with Gasteiger partial charge in [0.15, 0.2) is 5.13 Å². The van der Waals surface area contributed by atoms with Gasteiger partial charge in [0, 0.05) is 23.2 Å². The first-order valence-corrected chi connectivity index (χ1v) is 9.46. The molecule has 134 valence electrons. The van der Waals surface area contributed by atoms with Crippen LogP contribution in [-0.2, 0) is 4.79 Å². The van der Waals surface area contributed by atoms with Crippen molar-refractivity contribution in [3.05, 3.63) is 59.6 Å². The van der Waals surface area contributed by atoms with Gasteiger partial charge in [0.2, 0.25) is 5.91 Å². The van der Waals surface area contributed by atoms with Crippen molar-refractivity contribution in [3.63, 3.8) is 0 Å². The molecule has 0 fully saturated rings. The summed E-state index contributed by atoms with van der Waals surface area (Å²) >= 11 is 1.35. The van der Waals surface area contributed by atoms with Gasteiger partial charge in [0.1, 0.15) is 6.54 Å². The lowest BCUT2D eigenvalue weighted by molar-refractivity contribution is -0.117. The molecule has 0 saturated carbocycles. The molecule has 0 saturated heterocycles. The smallest absolute Gasteiger partial charge is 0.255 e. The van der Waals surface area contributed by atoms with Gasteiger partial charge in [-0.2, -0.15) is 0 Å². The van der Waals surface area contributed by atoms with E-state index in [0.717, 1.165) is 17.2 Å². The Balaban J connectivity index is 1.87. The van der Waals surface area contributed by atoms with E-state index < -0.39 is 0 Å². The van der Waals surface area contributed by atoms with Crippen LogP contribution in [-0.4, -0.2) is 34.3 Å². The summed E-state index contributed by atoms with van der Waals surface area (Å²) in [4.78, 5) is 31.3. The quantitative estimate of drug-likeness (QED) is 0.711. The number of benzene rings is 2. The Morgan fingerprint density at radius 3 is 2.69 bits per heavy atom. The van der Waals surface area contributed by atoms with E-state index in [0.29, 0.717) is 10.7 Å². The summed E-state index contributed by atoms with van der Waals surface area (Å²) in [6.45, 7) is 3.96. The number of aromatic nitrogens is 1. The third-order valence-electron chi connectivity index (χ3n) is 4.40. The highest BCUT2D eigenvalue weighted by Crippen LogP contribution is 2.21. The molecule has 0 aliphatic rings. The normalized spacial score (nSPS) is 11.9. The Hall–Kier alpha value is -2.73. The van der Waals surface area contributed by atoms with Crippen molar-refractivity contribution >= 4 is 39.1 Å². The number of nitrogens with zero attached hydrogens (tertiary/aromatic N) is 2. The number of hydrogen-bond donors (Lipinski definition) is 1. The lowest BCUT2D eigenvalue weighted by atomic mass is 10.0. The van der Waals surface area contributed by atoms with Crippen LogP contribution in [0.15, 0.2) is 54.0 Å². The molecule has 1 unspecified atom stereocenters. The minimum Gasteiger partial charge on any atom is -0.327 e. The van der Waals surface area contributed by atoms with Gasteiger partial charge in [-0.05, 0) is 30.2 Å². The van der Waals surface area contributed by atoms with Gasteiger partial charge in [-0.15, -0.1) is 11.3 Å². The van der Waals surface area contributed by atoms with Crippen LogP contribution in [0.5, 0.6) is 0 Å². The van der Waals surface area contributed by atoms with E-state index in [-0.39, 0.29) is 24.4 Å². The van der Waals surface area contributed by atoms with Crippen molar-refractivity contribution < 1.29 is 9.59 Å². The number of anilines is 1. The van der Waals surface area contributed by atoms with Crippen molar-refractivity contribution in [2.45, 2.75) is 26.3 Å². The van der Waals surface area contributed by atoms with E-state index in [1.807, 2.05) is 56.3 Å². The molecule has 1 heterocycles. The average molecular weight is 367 g/mol. The maximum atomic E-state index is 13.2. The minimum atomic E-state index is -0.242. The lowest BCUT2D eigenvalue weighted by Gasteiger charge is -2.28. The number of hydrogen-bond acceptors (Lipinski definition) is 4. The van der Waals surface area contributed by atoms with Gasteiger partial charge in [0.25, 0.3) is 5.91 Å². The Labute approximate surface area is 156 Å². The molecule has 0 spiro atoms. The number of carbonyl (C=O) groups excluding carboxylic acids is 2. The maximum absolute atomic E-state index is 13.2. The zero-order chi connectivity index (χ0) is 18.5. The number of rotatable bonds is 6. The SMILES string of the molecule is CCC(C)N(CC(=O)Nc1nccs1)C(=O)c1cccc2ccccc12. The lowest BCUT2D eigenvalue weighted by Crippen LogP contribution is -2.43. The van der Waals surface area contributed by atoms with Crippen molar-refractivity contribution in [3.8, 4) is 0 Å². The van der Waals surface area contributed by atoms with Gasteiger partial charge in [-0.1, -0.05) is 43.3 Å². The van der Waals surface area contributed by atoms with Crippen molar-refractivity contribution in [2.75, 3.05) is 11.9 Å². The molecule has 2 amide bonds. The Kier molecular flexibility index (Phi) is 5.63. The summed E-state index contributed by atoms with van der Waals surface area (Å²) in [7, 11) is 0. The van der Waals surface area contributed by atoms with Crippen LogP contribution in [0.3, 0.4) is 0 Å². The molecule has 26 heavy (non-hydrogen) atoms. The van der Waals surface area contributed by atoms with Crippen LogP contribution in [0.1, 0.15) is 30.6 Å². The Morgan fingerprint density at radius 2 is 1.96 bits per heavy atom. The molecular formula is C20H21N3O2S. The van der Waals surface area contributed by atoms with Gasteiger partial charge in [-0.25, -0.2) is 4.98 Å². The fraction of sp³-hybridized carbons (Fsp3) is 0.250. The summed E-state index contributed by atoms with van der Waals surface area (Å²) in [5.41, 5.74) is 0.616. The van der Waals surface area contributed by atoms with E-state index >= 15 is 0 Å². The third kappa shape index (κ3) is 3.91. The largest absolute Gasteiger partial charge is 0.327 e. The molecule has 0 aliphatic carbocycles. The van der Waals surface area contributed by atoms with Crippen molar-refractivity contribution in [2.24, 2.45) is 0 Å². The van der Waals surface area contributed by atoms with E-state index in [2.05, 4.69) is 10.3 Å². The van der Waals surface area contributed by atoms with E-state index in [1.165, 1.54) is 11.3 Å². The van der Waals surface area contributed by atoms with E-state index in [4.69, 9.17) is 0 Å². The number of nitrogens with one attached hydrogen (secondary N) is 1. The maximum Gasteiger partial charge on any atom is 0.255 e. The highest BCUT2D eigenvalue weighted by Gasteiger charge is 2.24. The molecule has 3 rings (SSSR count). The third-order valence-corrected chi connectivity index (χ3v) is 5.08. The number of fused-ring (bicyclic) bond motifs is 1. The monoisotopic (exact) mass is 367 g/mol. The molecule has 1 atom stereocenters. The average Bonchev–Trinajstić information content (AvgIpc) is 3.17. The second kappa shape index (κ2) is 8.10. The summed E-state index contributed by atoms with van der Waals surface area (Å²) in [6.07, 6.45) is 2.40. The van der Waals surface area contributed by atoms with Crippen LogP contribution >= 0.6 is 11.3 Å². The first kappa shape index (κ1) is 18.1. The van der Waals surface area contributed by atoms with E-state index in [9.17, 15) is 9.59 Å². The first-order valence-electron chi connectivity index (χ1n) is 8.58. The first-order chi connectivity index (χ1) is 12.6. The van der Waals surface area contributed by atoms with Gasteiger partial charge in [0.05, 0.1) is 0 Å². The fourth-order valence-electron chi connectivity index (χ4n) is 2.81. The van der Waals surface area contributed by atoms with Crippen LogP contribution in [0, 0.1) is 0 Å². The predicted molar refractivity (Wildman–Crippen MR) is 105 cm³/mol. The second-order valence-electron chi connectivity index (χ2n) is 6.10. The van der Waals surface area contributed by atoms with Gasteiger partial charge in [-0.3, -0.25) is 9.59 Å². The van der Waals surface area contributed by atoms with Gasteiger partial charge >= 0.3 is 0 Å². The number of carbonyl (C=O) groups is 2. The van der Waals surface area contributed by atoms with Crippen molar-refractivity contribution in [1.29, 1.82) is 0 Å². The fourth-order valence-corrected chi connectivity index (χ4v) is 3.36. The molecule has 3 aromatic rings. The molecular weight excluding hydrogens is 346 g/mol. The zero-order valence-corrected chi connectivity index (χ0v) is 15.6. The molecule has 1 N–H and O–H groups in total. The molecule has 0 bridgehead atoms. The molecule has 5 nitrogen and oxygen atoms in total. The molecule has 0 radical (unpaired) electrons. The van der Waals surface area contributed by atoms with Crippen LogP contribution in [0.25, 0.3) is 10.8 Å². The summed E-state index contributed by atoms with van der Waals surface area (Å²) < 4.78 is 0. The van der Waals surface area contributed by atoms with Crippen LogP contribution < -0.4 is 5.32 Å². The van der Waals surface area contributed by atoms with Crippen LogP contribution in [0.4, 0.5) is 5.13 Å². The Morgan fingerprint density at radius 1 is 1.19 bits per heavy atom. The van der Waals surface area contributed by atoms with Crippen molar-refractivity contribution in [1.82, 2.24) is 9.88 Å². The number of thiazole rings is 1. The highest BCUT2D eigenvalue weighted by atomic mass is 32.1. The topological polar surface area (TPSA) is 62.3 Å². The standard InChI is InChI=1S/C20H21N3O2S/c1-3-14(2)23(13-18(24)22-20-21-11-12-26-20)19(25)17-10-6-8-15-7-4-5-9-16(15)17/h4-12,14H,3,13H2,1-2H3,(H,21,22,24). The van der Waals surface area contributed by atoms with E-state index in [1.54, 1.807) is 16.5 Å². The summed E-state index contributed by atoms with van der Waals surface area (Å²) in [5, 5.41) is 6.99. The summed E-state index contributed by atoms with van der Waals surface area (Å²) in [6, 6.07) is 13.4. The number of amides is 2.